The fourth-order valence-electron chi connectivity index (χ4n) is 10.6. The number of benzene rings is 2. The molecule has 79 heavy (non-hydrogen) atoms. The summed E-state index contributed by atoms with van der Waals surface area (Å²) in [5.74, 6) is -7.37. The smallest absolute Gasteiger partial charge is 0.326 e. The molecule has 0 spiro atoms. The van der Waals surface area contributed by atoms with Gasteiger partial charge in [-0.1, -0.05) is 47.6 Å². The summed E-state index contributed by atoms with van der Waals surface area (Å²) in [5.41, 5.74) is 0.270. The molecule has 3 saturated carbocycles. The predicted molar refractivity (Wildman–Crippen MR) is 281 cm³/mol. The Morgan fingerprint density at radius 1 is 0.570 bits per heavy atom. The van der Waals surface area contributed by atoms with Crippen LogP contribution in [-0.4, -0.2) is 224 Å². The molecule has 0 radical (unpaired) electrons. The number of hydrogen-bond donors (Lipinski definition) is 11. The fraction of sp³-hybridized carbons (Fsp3) is 0.596. The monoisotopic (exact) mass is 1110 g/mol. The second-order valence-corrected chi connectivity index (χ2v) is 21.0. The van der Waals surface area contributed by atoms with Crippen LogP contribution >= 0.6 is 0 Å². The van der Waals surface area contributed by atoms with Crippen LogP contribution in [0.4, 0.5) is 10.8 Å². The number of carbonyl (C=O) groups excluding carboxylic acids is 3. The Bertz CT molecular complexity index is 2580. The van der Waals surface area contributed by atoms with Crippen molar-refractivity contribution in [3.8, 4) is 0 Å². The van der Waals surface area contributed by atoms with E-state index in [1.165, 1.54) is 0 Å². The van der Waals surface area contributed by atoms with Crippen molar-refractivity contribution >= 4 is 70.4 Å². The van der Waals surface area contributed by atoms with Crippen LogP contribution in [0.2, 0.25) is 0 Å². The summed E-state index contributed by atoms with van der Waals surface area (Å²) < 4.78 is 6.32. The first-order valence-electron chi connectivity index (χ1n) is 26.6. The Morgan fingerprint density at radius 3 is 1.61 bits per heavy atom. The molecule has 2 heterocycles. The van der Waals surface area contributed by atoms with E-state index in [1.54, 1.807) is 14.7 Å². The highest BCUT2D eigenvalue weighted by Gasteiger charge is 2.52. The maximum Gasteiger partial charge on any atom is 0.326 e. The number of carboxylic acid groups (broad SMARTS) is 6. The van der Waals surface area contributed by atoms with Gasteiger partial charge >= 0.3 is 47.9 Å². The number of hydrogen-bond acceptors (Lipinski definition) is 17. The van der Waals surface area contributed by atoms with Gasteiger partial charge in [0.1, 0.15) is 18.1 Å². The summed E-state index contributed by atoms with van der Waals surface area (Å²) in [7, 11) is 0. The van der Waals surface area contributed by atoms with Gasteiger partial charge in [-0.05, 0) is 86.0 Å². The van der Waals surface area contributed by atoms with Crippen molar-refractivity contribution in [3.05, 3.63) is 53.9 Å². The van der Waals surface area contributed by atoms with Gasteiger partial charge in [0.05, 0.1) is 26.2 Å². The van der Waals surface area contributed by atoms with Gasteiger partial charge in [-0.15, -0.1) is 5.10 Å². The summed E-state index contributed by atoms with van der Waals surface area (Å²) in [6.45, 7) is 2.10. The number of rotatable bonds is 28. The lowest BCUT2D eigenvalue weighted by Gasteiger charge is -2.51. The number of carboxylic acids is 6. The maximum absolute atomic E-state index is 13.9. The van der Waals surface area contributed by atoms with Crippen molar-refractivity contribution in [2.45, 2.75) is 101 Å². The first kappa shape index (κ1) is 60.7. The van der Waals surface area contributed by atoms with Crippen molar-refractivity contribution in [1.82, 2.24) is 51.1 Å². The van der Waals surface area contributed by atoms with E-state index in [-0.39, 0.29) is 95.5 Å². The highest BCUT2D eigenvalue weighted by atomic mass is 16.4. The van der Waals surface area contributed by atoms with E-state index in [4.69, 9.17) is 9.52 Å². The molecule has 1 aromatic heterocycles. The van der Waals surface area contributed by atoms with E-state index in [1.807, 2.05) is 47.4 Å². The summed E-state index contributed by atoms with van der Waals surface area (Å²) in [5, 5.41) is 81.0. The third-order valence-corrected chi connectivity index (χ3v) is 15.3. The maximum atomic E-state index is 13.9. The number of aromatic nitrogens is 2. The standard InChI is InChI=1S/C52H73N11O16/c64-40(29-60-19-21-61(30-42(67)68)23-25-63(32-44(71)72)26-24-62(22-20-60)31-43(69)70)54-33-51-12-15-52(16-13-51,17-14-51)48-58-59-50(79-48)57-39(28-34-8-9-35-5-1-2-6-36(35)27-34)45(73)53-18-4-3-7-37(46(74)75)55-49(78)56-38(47(76)77)10-11-41(65)66/h1-2,5-6,8-9,27,37-39H,3-4,7,10-26,28-33H2,(H,53,73)(H,54,64)(H,57,59)(H,65,66)(H,67,68)(H,69,70)(H,71,72)(H,74,75)(H,76,77)(H2,55,56,78)/t37-,38-,39?,51?,52?/m0/s1. The quantitative estimate of drug-likeness (QED) is 0.0448. The summed E-state index contributed by atoms with van der Waals surface area (Å²) >= 11 is 0. The lowest BCUT2D eigenvalue weighted by Crippen LogP contribution is -2.52. The minimum Gasteiger partial charge on any atom is -0.481 e. The number of nitrogens with one attached hydrogen (secondary N) is 5. The second kappa shape index (κ2) is 28.9. The molecular weight excluding hydrogens is 1030 g/mol. The van der Waals surface area contributed by atoms with Crippen LogP contribution in [0.25, 0.3) is 10.8 Å². The van der Waals surface area contributed by atoms with Crippen molar-refractivity contribution in [3.63, 3.8) is 0 Å². The average molecular weight is 1110 g/mol. The minimum atomic E-state index is -1.54. The van der Waals surface area contributed by atoms with E-state index in [0.29, 0.717) is 45.0 Å². The molecule has 1 aliphatic heterocycles. The van der Waals surface area contributed by atoms with E-state index in [2.05, 4.69) is 36.8 Å². The van der Waals surface area contributed by atoms with Crippen LogP contribution in [0.5, 0.6) is 0 Å². The molecule has 1 saturated heterocycles. The summed E-state index contributed by atoms with van der Waals surface area (Å²) in [4.78, 5) is 116. The first-order valence-corrected chi connectivity index (χ1v) is 26.6. The van der Waals surface area contributed by atoms with Crippen LogP contribution < -0.4 is 26.6 Å². The van der Waals surface area contributed by atoms with Crippen molar-refractivity contribution in [2.24, 2.45) is 5.41 Å². The Hall–Kier alpha value is -7.49. The summed E-state index contributed by atoms with van der Waals surface area (Å²) in [6.07, 6.45) is 4.31. The van der Waals surface area contributed by atoms with Gasteiger partial charge in [0.25, 0.3) is 0 Å². The number of amides is 4. The number of aliphatic carboxylic acids is 6. The van der Waals surface area contributed by atoms with Gasteiger partial charge < -0.3 is 61.6 Å². The highest BCUT2D eigenvalue weighted by Crippen LogP contribution is 2.57. The molecule has 2 aromatic carbocycles. The fourth-order valence-corrected chi connectivity index (χ4v) is 10.6. The lowest BCUT2D eigenvalue weighted by atomic mass is 9.53. The third-order valence-electron chi connectivity index (χ3n) is 15.3. The Labute approximate surface area is 455 Å². The molecule has 27 heteroatoms. The number of anilines is 1. The number of carbonyl (C=O) groups is 9. The number of nitrogens with zero attached hydrogens (tertiary/aromatic N) is 6. The van der Waals surface area contributed by atoms with Crippen LogP contribution in [-0.2, 0) is 50.2 Å². The molecule has 3 aromatic rings. The molecular formula is C52H73N11O16. The number of unbranched alkanes of at least 4 members (excludes halogenated alkanes) is 1. The van der Waals surface area contributed by atoms with E-state index in [0.717, 1.165) is 54.9 Å². The largest absolute Gasteiger partial charge is 0.481 e. The normalized spacial score (nSPS) is 20.8. The third kappa shape index (κ3) is 19.1. The average Bonchev–Trinajstić information content (AvgIpc) is 3.93. The molecule has 432 valence electrons. The zero-order chi connectivity index (χ0) is 57.1. The van der Waals surface area contributed by atoms with E-state index in [9.17, 15) is 68.7 Å². The van der Waals surface area contributed by atoms with Gasteiger partial charge in [0.15, 0.2) is 0 Å². The highest BCUT2D eigenvalue weighted by molar-refractivity contribution is 5.87. The molecule has 27 nitrogen and oxygen atoms in total. The topological polar surface area (TPSA) is 387 Å². The molecule has 1 unspecified atom stereocenters. The van der Waals surface area contributed by atoms with Crippen LogP contribution in [0.15, 0.2) is 46.9 Å². The molecule has 11 N–H and O–H groups in total. The molecule has 7 rings (SSSR count). The zero-order valence-electron chi connectivity index (χ0n) is 44.1. The molecule has 2 bridgehead atoms. The van der Waals surface area contributed by atoms with Crippen LogP contribution in [0.1, 0.15) is 82.1 Å². The number of urea groups is 1. The zero-order valence-corrected chi connectivity index (χ0v) is 44.1. The molecule has 3 aliphatic carbocycles. The van der Waals surface area contributed by atoms with Gasteiger partial charge in [0, 0.05) is 83.7 Å². The first-order chi connectivity index (χ1) is 37.7. The second-order valence-electron chi connectivity index (χ2n) is 21.0. The SMILES string of the molecule is O=C(O)CC[C@H](NC(=O)N[C@@H](CCCCNC(=O)C(Cc1ccc2ccccc2c1)Nc1nnc(C23CCC(CNC(=O)CN4CCN(CC(=O)O)CCN(CC(=O)O)CCN(CC(=O)O)CC4)(CC2)CC3)o1)C(=O)O)C(=O)O. The van der Waals surface area contributed by atoms with Crippen LogP contribution in [0.3, 0.4) is 0 Å². The van der Waals surface area contributed by atoms with Crippen molar-refractivity contribution < 1.29 is 78.2 Å². The number of fused-ring (bicyclic) bond motifs is 4. The van der Waals surface area contributed by atoms with Crippen molar-refractivity contribution in [1.29, 1.82) is 0 Å². The van der Waals surface area contributed by atoms with E-state index >= 15 is 0 Å². The summed E-state index contributed by atoms with van der Waals surface area (Å²) in [6, 6.07) is 8.85. The minimum absolute atomic E-state index is 0.0108. The van der Waals surface area contributed by atoms with Gasteiger partial charge in [-0.3, -0.25) is 48.4 Å². The molecule has 4 amide bonds. The molecule has 4 fully saturated rings. The molecule has 4 aliphatic rings. The Kier molecular flexibility index (Phi) is 22.2. The Morgan fingerprint density at radius 2 is 1.09 bits per heavy atom. The van der Waals surface area contributed by atoms with Gasteiger partial charge in [0.2, 0.25) is 17.7 Å². The van der Waals surface area contributed by atoms with Crippen molar-refractivity contribution in [2.75, 3.05) is 96.9 Å². The Balaban J connectivity index is 1.03. The lowest BCUT2D eigenvalue weighted by molar-refractivity contribution is -0.141. The predicted octanol–water partition coefficient (Wildman–Crippen LogP) is 0.787. The molecule has 3 atom stereocenters. The van der Waals surface area contributed by atoms with E-state index < -0.39 is 84.1 Å². The van der Waals surface area contributed by atoms with Gasteiger partial charge in [-0.25, -0.2) is 14.4 Å². The van der Waals surface area contributed by atoms with Crippen LogP contribution in [0, 0.1) is 5.41 Å². The van der Waals surface area contributed by atoms with Gasteiger partial charge in [-0.2, -0.15) is 0 Å².